The van der Waals surface area contributed by atoms with Crippen LogP contribution in [0.15, 0.2) is 30.3 Å². The Hall–Kier alpha value is -1.98. The summed E-state index contributed by atoms with van der Waals surface area (Å²) in [6.07, 6.45) is -0.351. The minimum absolute atomic E-state index is 0.262. The Morgan fingerprint density at radius 3 is 2.35 bits per heavy atom. The first-order valence-corrected chi connectivity index (χ1v) is 6.09. The molecule has 1 aliphatic rings. The fraction of sp³-hybridized carbons (Fsp3) is 0.429. The van der Waals surface area contributed by atoms with E-state index in [2.05, 4.69) is 0 Å². The SMILES string of the molecule is CC1(COC(=O)C(C(=O)O)c2ccccc2)CC1(F)F. The summed E-state index contributed by atoms with van der Waals surface area (Å²) in [4.78, 5) is 23.0. The summed E-state index contributed by atoms with van der Waals surface area (Å²) >= 11 is 0. The zero-order chi connectivity index (χ0) is 15.0. The van der Waals surface area contributed by atoms with Gasteiger partial charge in [-0.05, 0) is 5.56 Å². The summed E-state index contributed by atoms with van der Waals surface area (Å²) in [6, 6.07) is 7.82. The van der Waals surface area contributed by atoms with Gasteiger partial charge in [0.1, 0.15) is 6.61 Å². The van der Waals surface area contributed by atoms with Gasteiger partial charge in [-0.15, -0.1) is 0 Å². The van der Waals surface area contributed by atoms with Gasteiger partial charge >= 0.3 is 11.9 Å². The van der Waals surface area contributed by atoms with Gasteiger partial charge in [-0.3, -0.25) is 9.59 Å². The van der Waals surface area contributed by atoms with Crippen LogP contribution in [-0.4, -0.2) is 29.6 Å². The third-order valence-electron chi connectivity index (χ3n) is 3.52. The van der Waals surface area contributed by atoms with Crippen LogP contribution in [0.4, 0.5) is 8.78 Å². The van der Waals surface area contributed by atoms with E-state index in [0.717, 1.165) is 0 Å². The lowest BCUT2D eigenvalue weighted by Gasteiger charge is -2.15. The van der Waals surface area contributed by atoms with E-state index in [9.17, 15) is 18.4 Å². The van der Waals surface area contributed by atoms with Crippen molar-refractivity contribution >= 4 is 11.9 Å². The van der Waals surface area contributed by atoms with Crippen LogP contribution >= 0.6 is 0 Å². The number of hydrogen-bond acceptors (Lipinski definition) is 3. The van der Waals surface area contributed by atoms with Crippen molar-refractivity contribution in [3.63, 3.8) is 0 Å². The smallest absolute Gasteiger partial charge is 0.324 e. The molecule has 0 aromatic heterocycles. The van der Waals surface area contributed by atoms with Crippen molar-refractivity contribution in [2.75, 3.05) is 6.61 Å². The molecule has 1 fully saturated rings. The minimum Gasteiger partial charge on any atom is -0.480 e. The molecular weight excluding hydrogens is 270 g/mol. The average Bonchev–Trinajstić information content (AvgIpc) is 2.87. The maximum absolute atomic E-state index is 13.0. The number of benzene rings is 1. The Bertz CT molecular complexity index is 529. The second-order valence-electron chi connectivity index (χ2n) is 5.23. The fourth-order valence-electron chi connectivity index (χ4n) is 1.94. The standard InChI is InChI=1S/C14H14F2O4/c1-13(7-14(13,15)16)8-20-12(19)10(11(17)18)9-5-3-2-4-6-9/h2-6,10H,7-8H2,1H3,(H,17,18). The number of hydrogen-bond donors (Lipinski definition) is 1. The number of carboxylic acid groups (broad SMARTS) is 1. The predicted molar refractivity (Wildman–Crippen MR) is 65.4 cm³/mol. The maximum Gasteiger partial charge on any atom is 0.324 e. The first kappa shape index (κ1) is 14.4. The lowest BCUT2D eigenvalue weighted by molar-refractivity contribution is -0.156. The molecule has 2 rings (SSSR count). The van der Waals surface area contributed by atoms with Crippen LogP contribution in [0.3, 0.4) is 0 Å². The zero-order valence-electron chi connectivity index (χ0n) is 10.8. The van der Waals surface area contributed by atoms with Crippen molar-refractivity contribution in [3.8, 4) is 0 Å². The summed E-state index contributed by atoms with van der Waals surface area (Å²) < 4.78 is 30.8. The quantitative estimate of drug-likeness (QED) is 0.666. The van der Waals surface area contributed by atoms with Crippen molar-refractivity contribution in [2.24, 2.45) is 5.41 Å². The number of carbonyl (C=O) groups excluding carboxylic acids is 1. The van der Waals surface area contributed by atoms with Gasteiger partial charge in [0.2, 0.25) is 0 Å². The maximum atomic E-state index is 13.0. The highest BCUT2D eigenvalue weighted by Crippen LogP contribution is 2.60. The van der Waals surface area contributed by atoms with Crippen molar-refractivity contribution < 1.29 is 28.2 Å². The first-order valence-electron chi connectivity index (χ1n) is 6.09. The largest absolute Gasteiger partial charge is 0.480 e. The molecule has 1 aliphatic carbocycles. The number of carboxylic acids is 1. The molecule has 0 radical (unpaired) electrons. The van der Waals surface area contributed by atoms with Gasteiger partial charge in [0.05, 0.1) is 5.41 Å². The molecule has 0 saturated heterocycles. The van der Waals surface area contributed by atoms with Crippen LogP contribution in [0.1, 0.15) is 24.8 Å². The van der Waals surface area contributed by atoms with E-state index >= 15 is 0 Å². The number of aliphatic carboxylic acids is 1. The molecule has 0 bridgehead atoms. The van der Waals surface area contributed by atoms with Gasteiger partial charge in [0.15, 0.2) is 5.92 Å². The van der Waals surface area contributed by atoms with Crippen LogP contribution in [0, 0.1) is 5.41 Å². The average molecular weight is 284 g/mol. The summed E-state index contributed by atoms with van der Waals surface area (Å²) in [5, 5.41) is 9.10. The topological polar surface area (TPSA) is 63.6 Å². The number of halogens is 2. The highest BCUT2D eigenvalue weighted by molar-refractivity contribution is 5.99. The molecule has 1 saturated carbocycles. The zero-order valence-corrected chi connectivity index (χ0v) is 10.8. The van der Waals surface area contributed by atoms with E-state index in [1.807, 2.05) is 0 Å². The molecule has 4 nitrogen and oxygen atoms in total. The van der Waals surface area contributed by atoms with Crippen LogP contribution < -0.4 is 0 Å². The second kappa shape index (κ2) is 4.85. The highest BCUT2D eigenvalue weighted by atomic mass is 19.3. The van der Waals surface area contributed by atoms with Gasteiger partial charge in [-0.25, -0.2) is 8.78 Å². The van der Waals surface area contributed by atoms with Gasteiger partial charge in [0.25, 0.3) is 5.92 Å². The number of ether oxygens (including phenoxy) is 1. The predicted octanol–water partition coefficient (Wildman–Crippen LogP) is 2.44. The molecule has 6 heteroatoms. The lowest BCUT2D eigenvalue weighted by Crippen LogP contribution is -2.27. The molecule has 0 spiro atoms. The molecule has 1 N–H and O–H groups in total. The van der Waals surface area contributed by atoms with Crippen LogP contribution in [0.5, 0.6) is 0 Å². The molecule has 0 heterocycles. The number of alkyl halides is 2. The van der Waals surface area contributed by atoms with Crippen LogP contribution in [0.25, 0.3) is 0 Å². The van der Waals surface area contributed by atoms with Crippen molar-refractivity contribution in [1.82, 2.24) is 0 Å². The van der Waals surface area contributed by atoms with Crippen LogP contribution in [-0.2, 0) is 14.3 Å². The summed E-state index contributed by atoms with van der Waals surface area (Å²) in [5.41, 5.74) is -1.11. The summed E-state index contributed by atoms with van der Waals surface area (Å²) in [6.45, 7) is 0.827. The minimum atomic E-state index is -2.85. The Morgan fingerprint density at radius 2 is 1.90 bits per heavy atom. The molecule has 2 atom stereocenters. The lowest BCUT2D eigenvalue weighted by atomic mass is 9.99. The van der Waals surface area contributed by atoms with Crippen molar-refractivity contribution in [2.45, 2.75) is 25.2 Å². The Morgan fingerprint density at radius 1 is 1.35 bits per heavy atom. The van der Waals surface area contributed by atoms with E-state index < -0.39 is 35.8 Å². The molecule has 0 aliphatic heterocycles. The third kappa shape index (κ3) is 2.64. The molecule has 0 amide bonds. The summed E-state index contributed by atoms with van der Waals surface area (Å²) in [7, 11) is 0. The molecule has 2 unspecified atom stereocenters. The molecule has 20 heavy (non-hydrogen) atoms. The number of carbonyl (C=O) groups is 2. The van der Waals surface area contributed by atoms with E-state index in [4.69, 9.17) is 9.84 Å². The monoisotopic (exact) mass is 284 g/mol. The molecule has 1 aromatic carbocycles. The highest BCUT2D eigenvalue weighted by Gasteiger charge is 2.68. The number of rotatable bonds is 5. The molecule has 1 aromatic rings. The normalized spacial score (nSPS) is 24.8. The van der Waals surface area contributed by atoms with E-state index in [1.54, 1.807) is 18.2 Å². The Kier molecular flexibility index (Phi) is 3.50. The van der Waals surface area contributed by atoms with Gasteiger partial charge < -0.3 is 9.84 Å². The fourth-order valence-corrected chi connectivity index (χ4v) is 1.94. The van der Waals surface area contributed by atoms with Gasteiger partial charge in [0, 0.05) is 6.42 Å². The summed E-state index contributed by atoms with van der Waals surface area (Å²) in [5.74, 6) is -6.73. The van der Waals surface area contributed by atoms with Crippen molar-refractivity contribution in [1.29, 1.82) is 0 Å². The molecule has 108 valence electrons. The van der Waals surface area contributed by atoms with Gasteiger partial charge in [-0.1, -0.05) is 37.3 Å². The first-order chi connectivity index (χ1) is 9.27. The van der Waals surface area contributed by atoms with E-state index in [1.165, 1.54) is 19.1 Å². The molecular formula is C14H14F2O4. The van der Waals surface area contributed by atoms with Gasteiger partial charge in [-0.2, -0.15) is 0 Å². The van der Waals surface area contributed by atoms with Crippen LogP contribution in [0.2, 0.25) is 0 Å². The van der Waals surface area contributed by atoms with E-state index in [-0.39, 0.29) is 12.0 Å². The Labute approximate surface area is 114 Å². The third-order valence-corrected chi connectivity index (χ3v) is 3.52. The van der Waals surface area contributed by atoms with E-state index in [0.29, 0.717) is 0 Å². The second-order valence-corrected chi connectivity index (χ2v) is 5.23. The Balaban J connectivity index is 2.04. The number of esters is 1. The van der Waals surface area contributed by atoms with Crippen molar-refractivity contribution in [3.05, 3.63) is 35.9 Å².